The van der Waals surface area contributed by atoms with E-state index in [4.69, 9.17) is 5.73 Å². The summed E-state index contributed by atoms with van der Waals surface area (Å²) in [5.41, 5.74) is 6.80. The van der Waals surface area contributed by atoms with Crippen LogP contribution in [0.25, 0.3) is 0 Å². The fourth-order valence-electron chi connectivity index (χ4n) is 1.18. The summed E-state index contributed by atoms with van der Waals surface area (Å²) in [6.07, 6.45) is 3.28. The number of hydrogen-bond acceptors (Lipinski definition) is 4. The summed E-state index contributed by atoms with van der Waals surface area (Å²) in [4.78, 5) is 4.45. The first-order valence-electron chi connectivity index (χ1n) is 5.16. The number of rotatable bonds is 6. The van der Waals surface area contributed by atoms with Crippen LogP contribution in [0.5, 0.6) is 0 Å². The third-order valence-corrected chi connectivity index (χ3v) is 2.74. The van der Waals surface area contributed by atoms with E-state index in [0.717, 1.165) is 23.8 Å². The van der Waals surface area contributed by atoms with Crippen LogP contribution in [0.3, 0.4) is 0 Å². The number of nitrogens with one attached hydrogen (secondary N) is 1. The SMILES string of the molecule is CCCCNc1nc(CC(C)N)cs1. The predicted molar refractivity (Wildman–Crippen MR) is 62.9 cm³/mol. The Balaban J connectivity index is 2.35. The topological polar surface area (TPSA) is 50.9 Å². The number of aromatic nitrogens is 1. The van der Waals surface area contributed by atoms with Crippen molar-refractivity contribution in [3.63, 3.8) is 0 Å². The fraction of sp³-hybridized carbons (Fsp3) is 0.700. The zero-order chi connectivity index (χ0) is 10.4. The fourth-order valence-corrected chi connectivity index (χ4v) is 1.94. The van der Waals surface area contributed by atoms with Crippen LogP contribution in [0.15, 0.2) is 5.38 Å². The minimum Gasteiger partial charge on any atom is -0.362 e. The highest BCUT2D eigenvalue weighted by Gasteiger charge is 2.03. The van der Waals surface area contributed by atoms with Crippen molar-refractivity contribution in [3.05, 3.63) is 11.1 Å². The van der Waals surface area contributed by atoms with Gasteiger partial charge in [-0.3, -0.25) is 0 Å². The minimum absolute atomic E-state index is 0.195. The van der Waals surface area contributed by atoms with E-state index < -0.39 is 0 Å². The van der Waals surface area contributed by atoms with Crippen LogP contribution >= 0.6 is 11.3 Å². The Labute approximate surface area is 89.7 Å². The highest BCUT2D eigenvalue weighted by atomic mass is 32.1. The van der Waals surface area contributed by atoms with Gasteiger partial charge in [0.15, 0.2) is 5.13 Å². The molecule has 0 aliphatic heterocycles. The zero-order valence-corrected chi connectivity index (χ0v) is 9.73. The van der Waals surface area contributed by atoms with Crippen LogP contribution in [0.2, 0.25) is 0 Å². The first-order valence-corrected chi connectivity index (χ1v) is 6.04. The summed E-state index contributed by atoms with van der Waals surface area (Å²) in [6.45, 7) is 5.20. The molecule has 1 heterocycles. The summed E-state index contributed by atoms with van der Waals surface area (Å²) in [5, 5.41) is 6.41. The van der Waals surface area contributed by atoms with Crippen molar-refractivity contribution in [2.24, 2.45) is 5.73 Å². The lowest BCUT2D eigenvalue weighted by atomic mass is 10.2. The van der Waals surface area contributed by atoms with E-state index in [-0.39, 0.29) is 6.04 Å². The molecule has 1 rings (SSSR count). The Morgan fingerprint density at radius 3 is 3.07 bits per heavy atom. The van der Waals surface area contributed by atoms with Gasteiger partial charge < -0.3 is 11.1 Å². The number of anilines is 1. The Morgan fingerprint density at radius 1 is 1.64 bits per heavy atom. The Morgan fingerprint density at radius 2 is 2.43 bits per heavy atom. The lowest BCUT2D eigenvalue weighted by Crippen LogP contribution is -2.17. The van der Waals surface area contributed by atoms with Gasteiger partial charge in [0, 0.05) is 24.4 Å². The number of unbranched alkanes of at least 4 members (excludes halogenated alkanes) is 1. The molecule has 3 N–H and O–H groups in total. The molecular weight excluding hydrogens is 194 g/mol. The van der Waals surface area contributed by atoms with Gasteiger partial charge in [0.25, 0.3) is 0 Å². The summed E-state index contributed by atoms with van der Waals surface area (Å²) in [6, 6.07) is 0.195. The van der Waals surface area contributed by atoms with Crippen molar-refractivity contribution in [3.8, 4) is 0 Å². The van der Waals surface area contributed by atoms with E-state index in [1.807, 2.05) is 6.92 Å². The second-order valence-corrected chi connectivity index (χ2v) is 4.46. The quantitative estimate of drug-likeness (QED) is 0.713. The maximum atomic E-state index is 5.70. The maximum Gasteiger partial charge on any atom is 0.182 e. The van der Waals surface area contributed by atoms with Crippen molar-refractivity contribution in [1.82, 2.24) is 4.98 Å². The molecule has 80 valence electrons. The smallest absolute Gasteiger partial charge is 0.182 e. The Hall–Kier alpha value is -0.610. The molecule has 0 aliphatic carbocycles. The second-order valence-electron chi connectivity index (χ2n) is 3.61. The average Bonchev–Trinajstić information content (AvgIpc) is 2.52. The van der Waals surface area contributed by atoms with Gasteiger partial charge in [0.2, 0.25) is 0 Å². The molecule has 0 saturated carbocycles. The summed E-state index contributed by atoms with van der Waals surface area (Å²) < 4.78 is 0. The van der Waals surface area contributed by atoms with Gasteiger partial charge >= 0.3 is 0 Å². The van der Waals surface area contributed by atoms with E-state index in [9.17, 15) is 0 Å². The number of hydrogen-bond donors (Lipinski definition) is 2. The van der Waals surface area contributed by atoms with Crippen molar-refractivity contribution in [2.45, 2.75) is 39.2 Å². The zero-order valence-electron chi connectivity index (χ0n) is 8.92. The summed E-state index contributed by atoms with van der Waals surface area (Å²) in [7, 11) is 0. The summed E-state index contributed by atoms with van der Waals surface area (Å²) in [5.74, 6) is 0. The van der Waals surface area contributed by atoms with Gasteiger partial charge in [-0.05, 0) is 13.3 Å². The third kappa shape index (κ3) is 4.07. The lowest BCUT2D eigenvalue weighted by molar-refractivity contribution is 0.726. The molecular formula is C10H19N3S. The summed E-state index contributed by atoms with van der Waals surface area (Å²) >= 11 is 1.66. The molecule has 0 fully saturated rings. The molecule has 1 aromatic heterocycles. The second kappa shape index (κ2) is 5.98. The van der Waals surface area contributed by atoms with Gasteiger partial charge in [0.05, 0.1) is 5.69 Å². The Bertz CT molecular complexity index is 258. The van der Waals surface area contributed by atoms with Gasteiger partial charge in [-0.2, -0.15) is 0 Å². The number of thiazole rings is 1. The number of nitrogens with zero attached hydrogens (tertiary/aromatic N) is 1. The van der Waals surface area contributed by atoms with Crippen molar-refractivity contribution >= 4 is 16.5 Å². The van der Waals surface area contributed by atoms with E-state index in [1.54, 1.807) is 11.3 Å². The molecule has 4 heteroatoms. The molecule has 1 atom stereocenters. The first kappa shape index (κ1) is 11.5. The molecule has 0 aliphatic rings. The molecule has 0 saturated heterocycles. The molecule has 1 unspecified atom stereocenters. The van der Waals surface area contributed by atoms with E-state index >= 15 is 0 Å². The molecule has 0 amide bonds. The molecule has 14 heavy (non-hydrogen) atoms. The lowest BCUT2D eigenvalue weighted by Gasteiger charge is -2.01. The van der Waals surface area contributed by atoms with E-state index in [1.165, 1.54) is 12.8 Å². The molecule has 0 aromatic carbocycles. The standard InChI is InChI=1S/C10H19N3S/c1-3-4-5-12-10-13-9(7-14-10)6-8(2)11/h7-8H,3-6,11H2,1-2H3,(H,12,13). The van der Waals surface area contributed by atoms with Crippen molar-refractivity contribution in [2.75, 3.05) is 11.9 Å². The van der Waals surface area contributed by atoms with Crippen LogP contribution in [0.1, 0.15) is 32.4 Å². The van der Waals surface area contributed by atoms with Crippen molar-refractivity contribution < 1.29 is 0 Å². The van der Waals surface area contributed by atoms with Crippen LogP contribution in [-0.4, -0.2) is 17.6 Å². The predicted octanol–water partition coefficient (Wildman–Crippen LogP) is 2.24. The minimum atomic E-state index is 0.195. The number of nitrogens with two attached hydrogens (primary N) is 1. The van der Waals surface area contributed by atoms with Crippen LogP contribution < -0.4 is 11.1 Å². The van der Waals surface area contributed by atoms with Crippen LogP contribution in [0.4, 0.5) is 5.13 Å². The molecule has 1 aromatic rings. The van der Waals surface area contributed by atoms with E-state index in [2.05, 4.69) is 22.6 Å². The van der Waals surface area contributed by atoms with Gasteiger partial charge in [-0.25, -0.2) is 4.98 Å². The average molecular weight is 213 g/mol. The van der Waals surface area contributed by atoms with Crippen molar-refractivity contribution in [1.29, 1.82) is 0 Å². The molecule has 0 spiro atoms. The van der Waals surface area contributed by atoms with Gasteiger partial charge in [0.1, 0.15) is 0 Å². The van der Waals surface area contributed by atoms with Crippen LogP contribution in [0, 0.1) is 0 Å². The van der Waals surface area contributed by atoms with Crippen LogP contribution in [-0.2, 0) is 6.42 Å². The van der Waals surface area contributed by atoms with Gasteiger partial charge in [-0.15, -0.1) is 11.3 Å². The Kier molecular flexibility index (Phi) is 4.90. The van der Waals surface area contributed by atoms with E-state index in [0.29, 0.717) is 0 Å². The monoisotopic (exact) mass is 213 g/mol. The maximum absolute atomic E-state index is 5.70. The normalized spacial score (nSPS) is 12.8. The van der Waals surface area contributed by atoms with Gasteiger partial charge in [-0.1, -0.05) is 13.3 Å². The third-order valence-electron chi connectivity index (χ3n) is 1.89. The molecule has 0 bridgehead atoms. The molecule has 0 radical (unpaired) electrons. The highest BCUT2D eigenvalue weighted by molar-refractivity contribution is 7.13. The highest BCUT2D eigenvalue weighted by Crippen LogP contribution is 2.16. The molecule has 3 nitrogen and oxygen atoms in total. The largest absolute Gasteiger partial charge is 0.362 e. The first-order chi connectivity index (χ1) is 6.72.